The molecule has 11 heteroatoms. The Hall–Kier alpha value is -3.73. The normalized spacial score (nSPS) is 10.8. The molecule has 1 aromatic heterocycles. The van der Waals surface area contributed by atoms with E-state index in [1.54, 1.807) is 11.6 Å². The van der Waals surface area contributed by atoms with Gasteiger partial charge in [0.2, 0.25) is 5.91 Å². The third kappa shape index (κ3) is 6.16. The van der Waals surface area contributed by atoms with Crippen LogP contribution in [0.2, 0.25) is 0 Å². The summed E-state index contributed by atoms with van der Waals surface area (Å²) in [6.45, 7) is 4.22. The monoisotopic (exact) mass is 468 g/mol. The number of carbonyl (C=O) groups is 2. The third-order valence-corrected chi connectivity index (χ3v) is 5.86. The van der Waals surface area contributed by atoms with Crippen LogP contribution in [0.3, 0.4) is 0 Å². The topological polar surface area (TPSA) is 132 Å². The molecule has 172 valence electrons. The van der Waals surface area contributed by atoms with Gasteiger partial charge in [-0.05, 0) is 23.6 Å². The molecule has 0 aliphatic heterocycles. The van der Waals surface area contributed by atoms with Crippen LogP contribution in [0, 0.1) is 10.1 Å². The van der Waals surface area contributed by atoms with Crippen LogP contribution in [0.4, 0.5) is 11.4 Å². The second-order valence-electron chi connectivity index (χ2n) is 7.53. The first-order chi connectivity index (χ1) is 15.8. The molecule has 0 aliphatic carbocycles. The van der Waals surface area contributed by atoms with Crippen molar-refractivity contribution in [1.29, 1.82) is 0 Å². The zero-order chi connectivity index (χ0) is 24.0. The fraction of sp³-hybridized carbons (Fsp3) is 0.273. The van der Waals surface area contributed by atoms with Gasteiger partial charge in [-0.25, -0.2) is 0 Å². The highest BCUT2D eigenvalue weighted by atomic mass is 32.2. The molecule has 33 heavy (non-hydrogen) atoms. The predicted octanol–water partition coefficient (Wildman–Crippen LogP) is 3.51. The maximum absolute atomic E-state index is 12.4. The Morgan fingerprint density at radius 1 is 1.15 bits per heavy atom. The van der Waals surface area contributed by atoms with Crippen molar-refractivity contribution in [2.45, 2.75) is 31.5 Å². The van der Waals surface area contributed by atoms with Gasteiger partial charge < -0.3 is 15.2 Å². The number of thioether (sulfide) groups is 1. The molecular weight excluding hydrogens is 444 g/mol. The number of nitro benzene ring substituents is 1. The summed E-state index contributed by atoms with van der Waals surface area (Å²) in [6, 6.07) is 13.2. The van der Waals surface area contributed by atoms with Crippen molar-refractivity contribution in [3.05, 3.63) is 75.6 Å². The first kappa shape index (κ1) is 23.9. The Balaban J connectivity index is 1.55. The lowest BCUT2D eigenvalue weighted by molar-refractivity contribution is -0.384. The van der Waals surface area contributed by atoms with Gasteiger partial charge in [-0.15, -0.1) is 10.2 Å². The minimum atomic E-state index is -0.555. The van der Waals surface area contributed by atoms with Crippen molar-refractivity contribution in [3.8, 4) is 0 Å². The summed E-state index contributed by atoms with van der Waals surface area (Å²) in [4.78, 5) is 35.1. The van der Waals surface area contributed by atoms with Crippen molar-refractivity contribution in [1.82, 2.24) is 20.1 Å². The van der Waals surface area contributed by atoms with Gasteiger partial charge in [0.05, 0.1) is 17.2 Å². The Morgan fingerprint density at radius 2 is 1.91 bits per heavy atom. The minimum absolute atomic E-state index is 0.0829. The Labute approximate surface area is 194 Å². The summed E-state index contributed by atoms with van der Waals surface area (Å²) in [7, 11) is 1.74. The number of nitrogens with zero attached hydrogens (tertiary/aromatic N) is 4. The summed E-state index contributed by atoms with van der Waals surface area (Å²) >= 11 is 1.23. The van der Waals surface area contributed by atoms with Gasteiger partial charge in [0.15, 0.2) is 11.0 Å². The van der Waals surface area contributed by atoms with Gasteiger partial charge in [-0.1, -0.05) is 49.9 Å². The van der Waals surface area contributed by atoms with E-state index in [9.17, 15) is 19.7 Å². The number of aromatic nitrogens is 3. The smallest absolute Gasteiger partial charge is 0.270 e. The van der Waals surface area contributed by atoms with Gasteiger partial charge >= 0.3 is 0 Å². The van der Waals surface area contributed by atoms with Gasteiger partial charge in [0.25, 0.3) is 11.6 Å². The first-order valence-electron chi connectivity index (χ1n) is 10.2. The number of nitro groups is 1. The molecule has 0 aliphatic rings. The number of nitrogens with one attached hydrogen (secondary N) is 2. The fourth-order valence-corrected chi connectivity index (χ4v) is 3.81. The lowest BCUT2D eigenvalue weighted by Crippen LogP contribution is -2.24. The molecule has 3 aromatic rings. The first-order valence-corrected chi connectivity index (χ1v) is 11.2. The fourth-order valence-electron chi connectivity index (χ4n) is 3.08. The van der Waals surface area contributed by atoms with E-state index in [4.69, 9.17) is 0 Å². The molecule has 3 rings (SSSR count). The molecule has 10 nitrogen and oxygen atoms in total. The second kappa shape index (κ2) is 10.7. The molecule has 2 aromatic carbocycles. The van der Waals surface area contributed by atoms with Crippen molar-refractivity contribution in [2.75, 3.05) is 11.1 Å². The SMILES string of the molecule is CC(C)c1ccccc1NC(=O)CSc1nnc(CNC(=O)c2cccc([N+](=O)[O-])c2)n1C. The molecule has 0 bridgehead atoms. The third-order valence-electron chi connectivity index (χ3n) is 4.84. The molecule has 0 saturated heterocycles. The van der Waals surface area contributed by atoms with Gasteiger partial charge in [-0.3, -0.25) is 19.7 Å². The zero-order valence-electron chi connectivity index (χ0n) is 18.4. The summed E-state index contributed by atoms with van der Waals surface area (Å²) in [5.74, 6) is 0.309. The highest BCUT2D eigenvalue weighted by Crippen LogP contribution is 2.24. The number of para-hydroxylation sites is 1. The van der Waals surface area contributed by atoms with Gasteiger partial charge in [0, 0.05) is 30.4 Å². The number of carbonyl (C=O) groups excluding carboxylic acids is 2. The standard InChI is InChI=1S/C22H24N6O4S/c1-14(2)17-9-4-5-10-18(17)24-20(29)13-33-22-26-25-19(27(22)3)12-23-21(30)15-7-6-8-16(11-15)28(31)32/h4-11,14H,12-13H2,1-3H3,(H,23,30)(H,24,29). The van der Waals surface area contributed by atoms with E-state index < -0.39 is 10.8 Å². The van der Waals surface area contributed by atoms with Crippen LogP contribution in [0.1, 0.15) is 41.5 Å². The largest absolute Gasteiger partial charge is 0.345 e. The number of amides is 2. The summed E-state index contributed by atoms with van der Waals surface area (Å²) in [5, 5.41) is 25.2. The number of hydrogen-bond donors (Lipinski definition) is 2. The minimum Gasteiger partial charge on any atom is -0.345 e. The summed E-state index contributed by atoms with van der Waals surface area (Å²) in [5.41, 5.74) is 1.88. The molecule has 0 fully saturated rings. The van der Waals surface area contributed by atoms with Crippen molar-refractivity contribution in [3.63, 3.8) is 0 Å². The van der Waals surface area contributed by atoms with Crippen molar-refractivity contribution in [2.24, 2.45) is 7.05 Å². The number of hydrogen-bond acceptors (Lipinski definition) is 7. The Kier molecular flexibility index (Phi) is 7.78. The average Bonchev–Trinajstić information content (AvgIpc) is 3.15. The molecule has 0 spiro atoms. The molecule has 2 N–H and O–H groups in total. The van der Waals surface area contributed by atoms with Crippen molar-refractivity contribution < 1.29 is 14.5 Å². The van der Waals surface area contributed by atoms with Gasteiger partial charge in [0.1, 0.15) is 0 Å². The van der Waals surface area contributed by atoms with E-state index >= 15 is 0 Å². The van der Waals surface area contributed by atoms with Crippen LogP contribution < -0.4 is 10.6 Å². The highest BCUT2D eigenvalue weighted by molar-refractivity contribution is 7.99. The van der Waals surface area contributed by atoms with E-state index in [0.29, 0.717) is 11.0 Å². The van der Waals surface area contributed by atoms with E-state index in [0.717, 1.165) is 11.3 Å². The number of rotatable bonds is 9. The summed E-state index contributed by atoms with van der Waals surface area (Å²) < 4.78 is 1.69. The van der Waals surface area contributed by atoms with Crippen LogP contribution in [0.15, 0.2) is 53.7 Å². The molecule has 1 heterocycles. The number of non-ortho nitro benzene ring substituents is 1. The molecule has 0 radical (unpaired) electrons. The van der Waals surface area contributed by atoms with Crippen LogP contribution in [-0.4, -0.2) is 37.3 Å². The van der Waals surface area contributed by atoms with E-state index in [1.807, 2.05) is 24.3 Å². The van der Waals surface area contributed by atoms with E-state index in [-0.39, 0.29) is 35.4 Å². The molecule has 0 unspecified atom stereocenters. The predicted molar refractivity (Wildman–Crippen MR) is 125 cm³/mol. The number of anilines is 1. The molecule has 0 saturated carbocycles. The van der Waals surface area contributed by atoms with Crippen molar-refractivity contribution >= 4 is 35.0 Å². The average molecular weight is 469 g/mol. The van der Waals surface area contributed by atoms with Crippen LogP contribution in [-0.2, 0) is 18.4 Å². The second-order valence-corrected chi connectivity index (χ2v) is 8.47. The quantitative estimate of drug-likeness (QED) is 0.279. The number of benzene rings is 2. The Morgan fingerprint density at radius 3 is 2.64 bits per heavy atom. The van der Waals surface area contributed by atoms with Crippen LogP contribution >= 0.6 is 11.8 Å². The zero-order valence-corrected chi connectivity index (χ0v) is 19.3. The summed E-state index contributed by atoms with van der Waals surface area (Å²) in [6.07, 6.45) is 0. The van der Waals surface area contributed by atoms with E-state index in [2.05, 4.69) is 34.7 Å². The van der Waals surface area contributed by atoms with E-state index in [1.165, 1.54) is 36.0 Å². The van der Waals surface area contributed by atoms with Crippen LogP contribution in [0.5, 0.6) is 0 Å². The molecule has 2 amide bonds. The highest BCUT2D eigenvalue weighted by Gasteiger charge is 2.15. The Bertz CT molecular complexity index is 1180. The maximum Gasteiger partial charge on any atom is 0.270 e. The van der Waals surface area contributed by atoms with Gasteiger partial charge in [-0.2, -0.15) is 0 Å². The lowest BCUT2D eigenvalue weighted by atomic mass is 10.0. The molecule has 0 atom stereocenters. The molecular formula is C22H24N6O4S. The maximum atomic E-state index is 12.4. The lowest BCUT2D eigenvalue weighted by Gasteiger charge is -2.13. The van der Waals surface area contributed by atoms with Crippen LogP contribution in [0.25, 0.3) is 0 Å².